The zero-order chi connectivity index (χ0) is 21.8. The summed E-state index contributed by atoms with van der Waals surface area (Å²) in [6.45, 7) is 5.01. The molecule has 2 amide bonds. The fourth-order valence-electron chi connectivity index (χ4n) is 3.02. The third kappa shape index (κ3) is 7.08. The van der Waals surface area contributed by atoms with Crippen LogP contribution in [-0.4, -0.2) is 63.3 Å². The predicted molar refractivity (Wildman–Crippen MR) is 112 cm³/mol. The van der Waals surface area contributed by atoms with Crippen molar-refractivity contribution in [3.05, 3.63) is 29.3 Å². The second-order valence-electron chi connectivity index (χ2n) is 6.76. The lowest BCUT2D eigenvalue weighted by atomic mass is 10.1. The van der Waals surface area contributed by atoms with Crippen LogP contribution in [0.4, 0.5) is 0 Å². The van der Waals surface area contributed by atoms with Crippen LogP contribution in [0.1, 0.15) is 31.7 Å². The number of amides is 2. The van der Waals surface area contributed by atoms with Crippen LogP contribution in [0.2, 0.25) is 0 Å². The molecule has 0 atom stereocenters. The third-order valence-electron chi connectivity index (χ3n) is 4.63. The van der Waals surface area contributed by atoms with E-state index in [0.717, 1.165) is 25.9 Å². The molecule has 0 aliphatic carbocycles. The van der Waals surface area contributed by atoms with E-state index < -0.39 is 5.91 Å². The fraction of sp³-hybridized carbons (Fsp3) is 0.500. The molecule has 2 rings (SSSR count). The molecule has 1 N–H and O–H groups in total. The number of likely N-dealkylation sites (tertiary alicyclic amines) is 1. The highest BCUT2D eigenvalue weighted by Crippen LogP contribution is 2.29. The molecule has 1 aromatic carbocycles. The van der Waals surface area contributed by atoms with Gasteiger partial charge in [-0.25, -0.2) is 0 Å². The maximum atomic E-state index is 12.2. The topological polar surface area (TPSA) is 101 Å². The minimum Gasteiger partial charge on any atom is -0.493 e. The number of hydrogen-bond acceptors (Lipinski definition) is 6. The number of nitrogens with zero attached hydrogens (tertiary/aromatic N) is 2. The first-order chi connectivity index (χ1) is 14.6. The highest BCUT2D eigenvalue weighted by molar-refractivity contribution is 6.01. The maximum Gasteiger partial charge on any atom is 0.261 e. The molecule has 1 saturated heterocycles. The van der Waals surface area contributed by atoms with Gasteiger partial charge in [0.05, 0.1) is 7.11 Å². The summed E-state index contributed by atoms with van der Waals surface area (Å²) in [5, 5.41) is 12.0. The molecule has 0 radical (unpaired) electrons. The summed E-state index contributed by atoms with van der Waals surface area (Å²) in [7, 11) is 1.49. The Balaban J connectivity index is 1.98. The number of methoxy groups -OCH3 is 1. The number of carbonyl (C=O) groups is 2. The van der Waals surface area contributed by atoms with E-state index in [1.54, 1.807) is 23.1 Å². The number of hydrogen-bond donors (Lipinski definition) is 1. The quantitative estimate of drug-likeness (QED) is 0.338. The normalized spacial score (nSPS) is 13.6. The van der Waals surface area contributed by atoms with Crippen LogP contribution in [-0.2, 0) is 14.3 Å². The Kier molecular flexibility index (Phi) is 9.68. The van der Waals surface area contributed by atoms with Gasteiger partial charge in [0.25, 0.3) is 11.8 Å². The Morgan fingerprint density at radius 1 is 1.27 bits per heavy atom. The molecule has 0 unspecified atom stereocenters. The van der Waals surface area contributed by atoms with Gasteiger partial charge in [0.2, 0.25) is 0 Å². The number of rotatable bonds is 11. The third-order valence-corrected chi connectivity index (χ3v) is 4.63. The molecule has 1 aromatic rings. The molecular weight excluding hydrogens is 386 g/mol. The second kappa shape index (κ2) is 12.5. The Hall–Kier alpha value is -3.05. The van der Waals surface area contributed by atoms with Crippen molar-refractivity contribution in [2.45, 2.75) is 26.2 Å². The Morgan fingerprint density at radius 3 is 2.70 bits per heavy atom. The highest BCUT2D eigenvalue weighted by Gasteiger charge is 2.19. The summed E-state index contributed by atoms with van der Waals surface area (Å²) in [5.74, 6) is 0.365. The predicted octanol–water partition coefficient (Wildman–Crippen LogP) is 2.15. The van der Waals surface area contributed by atoms with E-state index in [1.165, 1.54) is 13.2 Å². The molecule has 8 heteroatoms. The first-order valence-corrected chi connectivity index (χ1v) is 10.2. The molecule has 0 aromatic heterocycles. The lowest BCUT2D eigenvalue weighted by Crippen LogP contribution is -2.32. The van der Waals surface area contributed by atoms with Gasteiger partial charge in [-0.2, -0.15) is 5.26 Å². The lowest BCUT2D eigenvalue weighted by Gasteiger charge is -2.16. The van der Waals surface area contributed by atoms with Crippen molar-refractivity contribution < 1.29 is 23.8 Å². The van der Waals surface area contributed by atoms with Crippen molar-refractivity contribution >= 4 is 17.9 Å². The van der Waals surface area contributed by atoms with Crippen LogP contribution >= 0.6 is 0 Å². The minimum absolute atomic E-state index is 0.00802. The molecule has 162 valence electrons. The molecule has 0 bridgehead atoms. The van der Waals surface area contributed by atoms with E-state index in [1.807, 2.05) is 13.0 Å². The van der Waals surface area contributed by atoms with Crippen molar-refractivity contribution in [3.63, 3.8) is 0 Å². The minimum atomic E-state index is -0.440. The molecule has 0 saturated carbocycles. The van der Waals surface area contributed by atoms with Crippen molar-refractivity contribution in [1.29, 1.82) is 5.26 Å². The zero-order valence-electron chi connectivity index (χ0n) is 17.6. The maximum absolute atomic E-state index is 12.2. The van der Waals surface area contributed by atoms with E-state index in [0.29, 0.717) is 43.2 Å². The molecule has 1 fully saturated rings. The van der Waals surface area contributed by atoms with Gasteiger partial charge in [0, 0.05) is 32.8 Å². The van der Waals surface area contributed by atoms with Crippen LogP contribution < -0.4 is 14.8 Å². The van der Waals surface area contributed by atoms with Crippen molar-refractivity contribution in [1.82, 2.24) is 10.2 Å². The number of nitrogens with one attached hydrogen (secondary N) is 1. The Morgan fingerprint density at radius 2 is 2.03 bits per heavy atom. The average molecular weight is 415 g/mol. The first kappa shape index (κ1) is 23.2. The van der Waals surface area contributed by atoms with Gasteiger partial charge in [-0.05, 0) is 50.0 Å². The van der Waals surface area contributed by atoms with E-state index in [2.05, 4.69) is 5.32 Å². The van der Waals surface area contributed by atoms with Crippen molar-refractivity contribution in [3.8, 4) is 17.6 Å². The summed E-state index contributed by atoms with van der Waals surface area (Å²) >= 11 is 0. The van der Waals surface area contributed by atoms with Crippen LogP contribution in [0.5, 0.6) is 11.5 Å². The van der Waals surface area contributed by atoms with Crippen LogP contribution in [0, 0.1) is 11.3 Å². The van der Waals surface area contributed by atoms with Gasteiger partial charge in [-0.15, -0.1) is 0 Å². The summed E-state index contributed by atoms with van der Waals surface area (Å²) in [4.78, 5) is 26.1. The standard InChI is InChI=1S/C22H29N3O5/c1-3-29-12-6-9-24-22(27)18(15-23)13-17-7-8-19(20(14-17)28-2)30-16-21(26)25-10-4-5-11-25/h7-8,13-14H,3-6,9-12,16H2,1-2H3,(H,24,27)/b18-13+. The summed E-state index contributed by atoms with van der Waals surface area (Å²) in [6, 6.07) is 6.95. The monoisotopic (exact) mass is 415 g/mol. The van der Waals surface area contributed by atoms with Crippen LogP contribution in [0.3, 0.4) is 0 Å². The smallest absolute Gasteiger partial charge is 0.261 e. The fourth-order valence-corrected chi connectivity index (χ4v) is 3.02. The van der Waals surface area contributed by atoms with Crippen molar-refractivity contribution in [2.24, 2.45) is 0 Å². The van der Waals surface area contributed by atoms with Gasteiger partial charge in [0.15, 0.2) is 18.1 Å². The molecule has 8 nitrogen and oxygen atoms in total. The molecule has 1 heterocycles. The number of benzene rings is 1. The van der Waals surface area contributed by atoms with Crippen LogP contribution in [0.15, 0.2) is 23.8 Å². The lowest BCUT2D eigenvalue weighted by molar-refractivity contribution is -0.132. The van der Waals surface area contributed by atoms with E-state index >= 15 is 0 Å². The first-order valence-electron chi connectivity index (χ1n) is 10.2. The number of ether oxygens (including phenoxy) is 3. The van der Waals surface area contributed by atoms with E-state index in [-0.39, 0.29) is 18.1 Å². The van der Waals surface area contributed by atoms with Gasteiger partial charge in [0.1, 0.15) is 11.6 Å². The average Bonchev–Trinajstić information content (AvgIpc) is 3.30. The molecule has 0 spiro atoms. The summed E-state index contributed by atoms with van der Waals surface area (Å²) < 4.78 is 16.2. The highest BCUT2D eigenvalue weighted by atomic mass is 16.5. The Labute approximate surface area is 177 Å². The number of nitriles is 1. The SMILES string of the molecule is CCOCCCNC(=O)/C(C#N)=C/c1ccc(OCC(=O)N2CCCC2)c(OC)c1. The van der Waals surface area contributed by atoms with Crippen molar-refractivity contribution in [2.75, 3.05) is 46.6 Å². The molecule has 30 heavy (non-hydrogen) atoms. The van der Waals surface area contributed by atoms with Gasteiger partial charge < -0.3 is 24.4 Å². The molecular formula is C22H29N3O5. The van der Waals surface area contributed by atoms with Crippen LogP contribution in [0.25, 0.3) is 6.08 Å². The van der Waals surface area contributed by atoms with Gasteiger partial charge in [-0.3, -0.25) is 9.59 Å². The second-order valence-corrected chi connectivity index (χ2v) is 6.76. The van der Waals surface area contributed by atoms with Gasteiger partial charge >= 0.3 is 0 Å². The van der Waals surface area contributed by atoms with Gasteiger partial charge in [-0.1, -0.05) is 6.07 Å². The Bertz CT molecular complexity index is 794. The summed E-state index contributed by atoms with van der Waals surface area (Å²) in [5.41, 5.74) is 0.609. The summed E-state index contributed by atoms with van der Waals surface area (Å²) in [6.07, 6.45) is 4.21. The number of carbonyl (C=O) groups excluding carboxylic acids is 2. The molecule has 1 aliphatic rings. The van der Waals surface area contributed by atoms with E-state index in [9.17, 15) is 14.9 Å². The van der Waals surface area contributed by atoms with E-state index in [4.69, 9.17) is 14.2 Å². The zero-order valence-corrected chi connectivity index (χ0v) is 17.6. The largest absolute Gasteiger partial charge is 0.493 e. The molecule has 1 aliphatic heterocycles.